The third kappa shape index (κ3) is 6.59. The smallest absolute Gasteiger partial charge is 0.321 e. The number of anilines is 1. The molecule has 2 atom stereocenters. The lowest BCUT2D eigenvalue weighted by Crippen LogP contribution is -3.14. The molecular weight excluding hydrogens is 384 g/mol. The largest absolute Gasteiger partial charge is 0.497 e. The molecule has 0 aromatic heterocycles. The number of hydrogen-bond donors (Lipinski definition) is 4. The van der Waals surface area contributed by atoms with Crippen LogP contribution in [0.2, 0.25) is 0 Å². The first-order valence-corrected chi connectivity index (χ1v) is 9.90. The van der Waals surface area contributed by atoms with Crippen molar-refractivity contribution >= 4 is 23.5 Å². The van der Waals surface area contributed by atoms with Gasteiger partial charge in [-0.2, -0.15) is 0 Å². The first kappa shape index (κ1) is 22.9. The van der Waals surface area contributed by atoms with Crippen LogP contribution in [-0.2, 0) is 9.59 Å². The number of amides is 4. The van der Waals surface area contributed by atoms with Gasteiger partial charge in [0.1, 0.15) is 5.75 Å². The van der Waals surface area contributed by atoms with Gasteiger partial charge in [-0.25, -0.2) is 4.79 Å². The van der Waals surface area contributed by atoms with Crippen molar-refractivity contribution in [1.29, 1.82) is 0 Å². The van der Waals surface area contributed by atoms with Crippen molar-refractivity contribution in [1.82, 2.24) is 10.6 Å². The number of imide groups is 1. The number of urea groups is 1. The molecule has 0 saturated carbocycles. The molecule has 8 nitrogen and oxygen atoms in total. The lowest BCUT2D eigenvalue weighted by molar-refractivity contribution is -0.912. The highest BCUT2D eigenvalue weighted by molar-refractivity contribution is 5.97. The summed E-state index contributed by atoms with van der Waals surface area (Å²) >= 11 is 0. The minimum Gasteiger partial charge on any atom is -0.497 e. The molecule has 0 saturated heterocycles. The Balaban J connectivity index is 2.16. The highest BCUT2D eigenvalue weighted by Gasteiger charge is 2.33. The van der Waals surface area contributed by atoms with E-state index in [0.29, 0.717) is 29.4 Å². The maximum absolute atomic E-state index is 12.9. The van der Waals surface area contributed by atoms with Crippen molar-refractivity contribution in [2.75, 3.05) is 32.1 Å². The Bertz CT molecular complexity index is 840. The molecule has 0 spiro atoms. The van der Waals surface area contributed by atoms with E-state index >= 15 is 0 Å². The molecule has 0 radical (unpaired) electrons. The second-order valence-corrected chi connectivity index (χ2v) is 6.66. The number of quaternary nitrogens is 1. The van der Waals surface area contributed by atoms with Crippen molar-refractivity contribution in [3.05, 3.63) is 60.2 Å². The van der Waals surface area contributed by atoms with E-state index in [1.54, 1.807) is 38.3 Å². The summed E-state index contributed by atoms with van der Waals surface area (Å²) in [5.41, 5.74) is 1.37. The maximum atomic E-state index is 12.9. The van der Waals surface area contributed by atoms with Gasteiger partial charge in [0.15, 0.2) is 12.6 Å². The van der Waals surface area contributed by atoms with Gasteiger partial charge in [-0.05, 0) is 38.1 Å². The van der Waals surface area contributed by atoms with Gasteiger partial charge in [-0.1, -0.05) is 30.3 Å². The molecule has 0 bridgehead atoms. The van der Waals surface area contributed by atoms with E-state index in [-0.39, 0.29) is 12.5 Å². The van der Waals surface area contributed by atoms with E-state index in [0.717, 1.165) is 5.56 Å². The first-order valence-electron chi connectivity index (χ1n) is 9.90. The molecule has 160 valence electrons. The van der Waals surface area contributed by atoms with Gasteiger partial charge in [-0.15, -0.1) is 0 Å². The number of carbonyl (C=O) groups excluding carboxylic acids is 3. The fraction of sp³-hybridized carbons (Fsp3) is 0.318. The van der Waals surface area contributed by atoms with Gasteiger partial charge in [0.2, 0.25) is 0 Å². The molecule has 4 N–H and O–H groups in total. The second kappa shape index (κ2) is 11.6. The number of ether oxygens (including phenoxy) is 1. The summed E-state index contributed by atoms with van der Waals surface area (Å²) < 4.78 is 5.12. The topological polar surface area (TPSA) is 101 Å². The molecule has 0 heterocycles. The van der Waals surface area contributed by atoms with E-state index in [9.17, 15) is 14.4 Å². The van der Waals surface area contributed by atoms with Gasteiger partial charge >= 0.3 is 6.03 Å². The highest BCUT2D eigenvalue weighted by Crippen LogP contribution is 2.15. The molecule has 1 unspecified atom stereocenters. The quantitative estimate of drug-likeness (QED) is 0.495. The Morgan fingerprint density at radius 2 is 1.67 bits per heavy atom. The average molecular weight is 413 g/mol. The van der Waals surface area contributed by atoms with Crippen molar-refractivity contribution in [3.63, 3.8) is 0 Å². The Kier molecular flexibility index (Phi) is 8.83. The second-order valence-electron chi connectivity index (χ2n) is 6.66. The highest BCUT2D eigenvalue weighted by atomic mass is 16.5. The molecule has 2 aromatic rings. The zero-order chi connectivity index (χ0) is 21.9. The molecule has 30 heavy (non-hydrogen) atoms. The van der Waals surface area contributed by atoms with Crippen LogP contribution >= 0.6 is 0 Å². The standard InChI is InChI=1S/C22H28N4O4/c1-4-23-22(29)25-21(28)20(16-9-7-6-8-10-16)26(5-2)15-19(27)24-17-11-13-18(30-3)14-12-17/h6-14,20H,4-5,15H2,1-3H3,(H,24,27)(H2,23,25,28,29)/p+1/t20-/m1/s1. The van der Waals surface area contributed by atoms with Crippen LogP contribution in [0.25, 0.3) is 0 Å². The molecule has 2 aromatic carbocycles. The van der Waals surface area contributed by atoms with Gasteiger partial charge in [0, 0.05) is 17.8 Å². The Morgan fingerprint density at radius 1 is 1.00 bits per heavy atom. The fourth-order valence-electron chi connectivity index (χ4n) is 3.12. The zero-order valence-electron chi connectivity index (χ0n) is 17.5. The van der Waals surface area contributed by atoms with Gasteiger partial charge in [0.25, 0.3) is 11.8 Å². The Morgan fingerprint density at radius 3 is 2.23 bits per heavy atom. The summed E-state index contributed by atoms with van der Waals surface area (Å²) in [6.45, 7) is 4.64. The predicted octanol–water partition coefficient (Wildman–Crippen LogP) is 1.13. The summed E-state index contributed by atoms with van der Waals surface area (Å²) in [5.74, 6) is 0.00461. The molecular formula is C22H29N4O4+. The lowest BCUT2D eigenvalue weighted by Gasteiger charge is -2.26. The Hall–Kier alpha value is -3.39. The number of carbonyl (C=O) groups is 3. The summed E-state index contributed by atoms with van der Waals surface area (Å²) in [7, 11) is 1.58. The van der Waals surface area contributed by atoms with Crippen molar-refractivity contribution in [3.8, 4) is 5.75 Å². The minimum atomic E-state index is -0.708. The number of methoxy groups -OCH3 is 1. The van der Waals surface area contributed by atoms with Gasteiger partial charge in [0.05, 0.1) is 13.7 Å². The number of benzene rings is 2. The Labute approximate surface area is 176 Å². The molecule has 0 fully saturated rings. The minimum absolute atomic E-state index is 0.0604. The van der Waals surface area contributed by atoms with Crippen molar-refractivity contribution in [2.45, 2.75) is 19.9 Å². The van der Waals surface area contributed by atoms with E-state index in [2.05, 4.69) is 16.0 Å². The van der Waals surface area contributed by atoms with Crippen molar-refractivity contribution < 1.29 is 24.0 Å². The predicted molar refractivity (Wildman–Crippen MR) is 114 cm³/mol. The van der Waals surface area contributed by atoms with Crippen LogP contribution in [0.15, 0.2) is 54.6 Å². The summed E-state index contributed by atoms with van der Waals surface area (Å²) in [4.78, 5) is 38.1. The molecule has 0 aliphatic heterocycles. The third-order valence-electron chi connectivity index (χ3n) is 4.59. The van der Waals surface area contributed by atoms with E-state index in [1.807, 2.05) is 37.3 Å². The monoisotopic (exact) mass is 413 g/mol. The SMILES string of the molecule is CCNC(=O)NC(=O)[C@@H](c1ccccc1)[NH+](CC)CC(=O)Nc1ccc(OC)cc1. The fourth-order valence-corrected chi connectivity index (χ4v) is 3.12. The average Bonchev–Trinajstić information content (AvgIpc) is 2.74. The molecule has 8 heteroatoms. The number of hydrogen-bond acceptors (Lipinski definition) is 4. The van der Waals surface area contributed by atoms with Crippen LogP contribution < -0.4 is 25.6 Å². The summed E-state index contributed by atoms with van der Waals surface area (Å²) in [6, 6.07) is 14.9. The van der Waals surface area contributed by atoms with Gasteiger partial charge < -0.3 is 20.3 Å². The molecule has 4 amide bonds. The van der Waals surface area contributed by atoms with Crippen LogP contribution in [0.1, 0.15) is 25.5 Å². The number of likely N-dealkylation sites (N-methyl/N-ethyl adjacent to an activating group) is 1. The van der Waals surface area contributed by atoms with Crippen LogP contribution in [0.5, 0.6) is 5.75 Å². The molecule has 2 rings (SSSR count). The van der Waals surface area contributed by atoms with Crippen LogP contribution in [0.4, 0.5) is 10.5 Å². The van der Waals surface area contributed by atoms with Crippen LogP contribution in [0.3, 0.4) is 0 Å². The normalized spacial score (nSPS) is 12.4. The molecule has 0 aliphatic carbocycles. The van der Waals surface area contributed by atoms with Gasteiger partial charge in [-0.3, -0.25) is 14.9 Å². The lowest BCUT2D eigenvalue weighted by atomic mass is 10.0. The van der Waals surface area contributed by atoms with Crippen molar-refractivity contribution in [2.24, 2.45) is 0 Å². The maximum Gasteiger partial charge on any atom is 0.321 e. The van der Waals surface area contributed by atoms with E-state index in [4.69, 9.17) is 4.74 Å². The zero-order valence-corrected chi connectivity index (χ0v) is 17.5. The van der Waals surface area contributed by atoms with Crippen LogP contribution in [0, 0.1) is 0 Å². The van der Waals surface area contributed by atoms with Crippen LogP contribution in [-0.4, -0.2) is 44.6 Å². The van der Waals surface area contributed by atoms with E-state index in [1.165, 1.54) is 0 Å². The number of nitrogens with one attached hydrogen (secondary N) is 4. The first-order chi connectivity index (χ1) is 14.5. The van der Waals surface area contributed by atoms with E-state index < -0.39 is 18.0 Å². The third-order valence-corrected chi connectivity index (χ3v) is 4.59. The number of rotatable bonds is 9. The molecule has 0 aliphatic rings. The summed E-state index contributed by atoms with van der Waals surface area (Å²) in [5, 5.41) is 7.77. The summed E-state index contributed by atoms with van der Waals surface area (Å²) in [6.07, 6.45) is 0.